The van der Waals surface area contributed by atoms with Gasteiger partial charge in [-0.1, -0.05) is 6.07 Å². The van der Waals surface area contributed by atoms with Gasteiger partial charge in [0.15, 0.2) is 5.03 Å². The number of nitrogens with two attached hydrogens (primary N) is 1. The number of hydrogen-bond donors (Lipinski definition) is 2. The molecule has 2 aromatic rings. The Balaban J connectivity index is 2.22. The van der Waals surface area contributed by atoms with Gasteiger partial charge in [-0.2, -0.15) is 0 Å². The van der Waals surface area contributed by atoms with Gasteiger partial charge < -0.3 is 5.73 Å². The standard InChI is InChI=1S/C14H19N3O2S2/c1-9-6-13(11(3)20-9)10(2)17-21(18,19)14-5-4-12(7-15)8-16-14/h4-6,8,10,17H,7,15H2,1-3H3. The quantitative estimate of drug-likeness (QED) is 0.883. The molecule has 1 unspecified atom stereocenters. The molecule has 0 aliphatic carbocycles. The fourth-order valence-electron chi connectivity index (χ4n) is 2.13. The maximum absolute atomic E-state index is 12.3. The molecule has 2 heterocycles. The van der Waals surface area contributed by atoms with Crippen molar-refractivity contribution in [3.8, 4) is 0 Å². The van der Waals surface area contributed by atoms with Crippen molar-refractivity contribution in [3.05, 3.63) is 45.3 Å². The molecular formula is C14H19N3O2S2. The Kier molecular flexibility index (Phi) is 4.77. The zero-order valence-electron chi connectivity index (χ0n) is 12.3. The summed E-state index contributed by atoms with van der Waals surface area (Å²) in [6, 6.07) is 4.86. The van der Waals surface area contributed by atoms with Crippen molar-refractivity contribution in [1.82, 2.24) is 9.71 Å². The summed E-state index contributed by atoms with van der Waals surface area (Å²) in [5.41, 5.74) is 7.28. The average Bonchev–Trinajstić information content (AvgIpc) is 2.77. The van der Waals surface area contributed by atoms with Gasteiger partial charge in [0.05, 0.1) is 0 Å². The first kappa shape index (κ1) is 16.1. The smallest absolute Gasteiger partial charge is 0.258 e. The van der Waals surface area contributed by atoms with E-state index in [1.165, 1.54) is 17.1 Å². The molecule has 0 aromatic carbocycles. The number of hydrogen-bond acceptors (Lipinski definition) is 5. The minimum Gasteiger partial charge on any atom is -0.326 e. The maximum Gasteiger partial charge on any atom is 0.258 e. The van der Waals surface area contributed by atoms with Crippen molar-refractivity contribution in [2.75, 3.05) is 0 Å². The van der Waals surface area contributed by atoms with Crippen molar-refractivity contribution < 1.29 is 8.42 Å². The second-order valence-corrected chi connectivity index (χ2v) is 8.04. The van der Waals surface area contributed by atoms with E-state index in [4.69, 9.17) is 5.73 Å². The molecule has 0 fully saturated rings. The molecule has 0 aliphatic heterocycles. The number of nitrogens with zero attached hydrogens (tertiary/aromatic N) is 1. The van der Waals surface area contributed by atoms with Crippen molar-refractivity contribution in [3.63, 3.8) is 0 Å². The predicted octanol–water partition coefficient (Wildman–Crippen LogP) is 2.26. The van der Waals surface area contributed by atoms with E-state index in [0.29, 0.717) is 6.54 Å². The van der Waals surface area contributed by atoms with Gasteiger partial charge >= 0.3 is 0 Å². The molecule has 7 heteroatoms. The van der Waals surface area contributed by atoms with E-state index in [1.807, 2.05) is 26.8 Å². The van der Waals surface area contributed by atoms with Crippen LogP contribution in [-0.4, -0.2) is 13.4 Å². The van der Waals surface area contributed by atoms with Gasteiger partial charge in [-0.25, -0.2) is 18.1 Å². The Morgan fingerprint density at radius 2 is 2.10 bits per heavy atom. The van der Waals surface area contributed by atoms with Crippen molar-refractivity contribution in [2.45, 2.75) is 38.4 Å². The maximum atomic E-state index is 12.3. The Morgan fingerprint density at radius 1 is 1.38 bits per heavy atom. The van der Waals surface area contributed by atoms with E-state index in [-0.39, 0.29) is 11.1 Å². The highest BCUT2D eigenvalue weighted by molar-refractivity contribution is 7.89. The lowest BCUT2D eigenvalue weighted by molar-refractivity contribution is 0.563. The molecule has 114 valence electrons. The molecule has 0 bridgehead atoms. The van der Waals surface area contributed by atoms with Gasteiger partial charge in [-0.05, 0) is 44.0 Å². The molecule has 0 spiro atoms. The van der Waals surface area contributed by atoms with Crippen LogP contribution in [0.1, 0.15) is 33.8 Å². The van der Waals surface area contributed by atoms with Crippen LogP contribution < -0.4 is 10.5 Å². The fraction of sp³-hybridized carbons (Fsp3) is 0.357. The molecule has 0 amide bonds. The molecule has 2 rings (SSSR count). The van der Waals surface area contributed by atoms with E-state index < -0.39 is 10.0 Å². The zero-order valence-corrected chi connectivity index (χ0v) is 13.9. The van der Waals surface area contributed by atoms with Crippen molar-refractivity contribution in [1.29, 1.82) is 0 Å². The molecule has 0 saturated carbocycles. The first-order valence-electron chi connectivity index (χ1n) is 6.57. The summed E-state index contributed by atoms with van der Waals surface area (Å²) in [4.78, 5) is 6.25. The SMILES string of the molecule is Cc1cc(C(C)NS(=O)(=O)c2ccc(CN)cn2)c(C)s1. The largest absolute Gasteiger partial charge is 0.326 e. The summed E-state index contributed by atoms with van der Waals surface area (Å²) in [6.45, 7) is 6.17. The molecule has 1 atom stereocenters. The summed E-state index contributed by atoms with van der Waals surface area (Å²) in [7, 11) is -3.64. The lowest BCUT2D eigenvalue weighted by Gasteiger charge is -2.14. The molecule has 0 aliphatic rings. The van der Waals surface area contributed by atoms with E-state index in [1.54, 1.807) is 17.4 Å². The number of sulfonamides is 1. The minimum absolute atomic E-state index is 0.0103. The fourth-order valence-corrected chi connectivity index (χ4v) is 4.30. The monoisotopic (exact) mass is 325 g/mol. The van der Waals surface area contributed by atoms with E-state index in [0.717, 1.165) is 16.0 Å². The summed E-state index contributed by atoms with van der Waals surface area (Å²) in [5.74, 6) is 0. The second-order valence-electron chi connectivity index (χ2n) is 4.92. The highest BCUT2D eigenvalue weighted by atomic mass is 32.2. The van der Waals surface area contributed by atoms with Crippen LogP contribution in [0.25, 0.3) is 0 Å². The van der Waals surface area contributed by atoms with Crippen LogP contribution in [0, 0.1) is 13.8 Å². The van der Waals surface area contributed by atoms with Gasteiger partial charge in [0, 0.05) is 28.5 Å². The molecular weight excluding hydrogens is 306 g/mol. The van der Waals surface area contributed by atoms with Crippen LogP contribution >= 0.6 is 11.3 Å². The first-order valence-corrected chi connectivity index (χ1v) is 8.87. The zero-order chi connectivity index (χ0) is 15.6. The number of rotatable bonds is 5. The van der Waals surface area contributed by atoms with Crippen LogP contribution in [0.15, 0.2) is 29.4 Å². The van der Waals surface area contributed by atoms with Gasteiger partial charge in [0.25, 0.3) is 10.0 Å². The number of thiophene rings is 1. The van der Waals surface area contributed by atoms with Crippen molar-refractivity contribution >= 4 is 21.4 Å². The summed E-state index contributed by atoms with van der Waals surface area (Å²) >= 11 is 1.66. The summed E-state index contributed by atoms with van der Waals surface area (Å²) < 4.78 is 27.3. The molecule has 21 heavy (non-hydrogen) atoms. The van der Waals surface area contributed by atoms with Crippen LogP contribution in [-0.2, 0) is 16.6 Å². The van der Waals surface area contributed by atoms with Gasteiger partial charge in [-0.3, -0.25) is 0 Å². The molecule has 0 radical (unpaired) electrons. The van der Waals surface area contributed by atoms with Gasteiger partial charge in [0.1, 0.15) is 0 Å². The molecule has 0 saturated heterocycles. The highest BCUT2D eigenvalue weighted by Crippen LogP contribution is 2.27. The minimum atomic E-state index is -3.64. The topological polar surface area (TPSA) is 85.1 Å². The summed E-state index contributed by atoms with van der Waals surface area (Å²) in [6.07, 6.45) is 1.49. The van der Waals surface area contributed by atoms with Crippen LogP contribution in [0.3, 0.4) is 0 Å². The van der Waals surface area contributed by atoms with Crippen LogP contribution in [0.5, 0.6) is 0 Å². The highest BCUT2D eigenvalue weighted by Gasteiger charge is 2.21. The first-order chi connectivity index (χ1) is 9.83. The Hall–Kier alpha value is -1.28. The molecule has 5 nitrogen and oxygen atoms in total. The number of aromatic nitrogens is 1. The number of aryl methyl sites for hydroxylation is 2. The predicted molar refractivity (Wildman–Crippen MR) is 84.7 cm³/mol. The van der Waals surface area contributed by atoms with Gasteiger partial charge in [0.2, 0.25) is 0 Å². The third kappa shape index (κ3) is 3.68. The van der Waals surface area contributed by atoms with Crippen LogP contribution in [0.4, 0.5) is 0 Å². The van der Waals surface area contributed by atoms with Gasteiger partial charge in [-0.15, -0.1) is 11.3 Å². The molecule has 3 N–H and O–H groups in total. The van der Waals surface area contributed by atoms with Crippen molar-refractivity contribution in [2.24, 2.45) is 5.73 Å². The van der Waals surface area contributed by atoms with E-state index >= 15 is 0 Å². The second kappa shape index (κ2) is 6.23. The summed E-state index contributed by atoms with van der Waals surface area (Å²) in [5, 5.41) is 0.0103. The Morgan fingerprint density at radius 3 is 2.57 bits per heavy atom. The van der Waals surface area contributed by atoms with E-state index in [9.17, 15) is 8.42 Å². The van der Waals surface area contributed by atoms with Crippen LogP contribution in [0.2, 0.25) is 0 Å². The Labute approximate surface area is 129 Å². The number of pyridine rings is 1. The van der Waals surface area contributed by atoms with E-state index in [2.05, 4.69) is 9.71 Å². The Bertz CT molecular complexity index is 721. The average molecular weight is 325 g/mol. The normalized spacial score (nSPS) is 13.3. The lowest BCUT2D eigenvalue weighted by Crippen LogP contribution is -2.27. The molecule has 2 aromatic heterocycles. The lowest BCUT2D eigenvalue weighted by atomic mass is 10.1. The third-order valence-corrected chi connectivity index (χ3v) is 5.62. The number of nitrogens with one attached hydrogen (secondary N) is 1. The third-order valence-electron chi connectivity index (χ3n) is 3.19.